The standard InChI is InChI=1S/C16H27N3O4/c1-15(2,3)13(20)22-9-12(7-11-8-17-10-18-11)19-14(21)23-16(4,5)6/h8,10,12H,7,9H2,1-6H3,(H,17,18)(H,19,21)/t12-/m0/s1. The number of rotatable bonds is 5. The van der Waals surface area contributed by atoms with Gasteiger partial charge in [-0.15, -0.1) is 0 Å². The van der Waals surface area contributed by atoms with Crippen LogP contribution >= 0.6 is 0 Å². The van der Waals surface area contributed by atoms with Crippen molar-refractivity contribution in [1.82, 2.24) is 15.3 Å². The maximum Gasteiger partial charge on any atom is 0.408 e. The summed E-state index contributed by atoms with van der Waals surface area (Å²) in [6, 6.07) is -0.406. The van der Waals surface area contributed by atoms with E-state index in [1.165, 1.54) is 0 Å². The quantitative estimate of drug-likeness (QED) is 0.811. The zero-order valence-corrected chi connectivity index (χ0v) is 14.7. The average Bonchev–Trinajstić information content (AvgIpc) is 2.84. The SMILES string of the molecule is CC(C)(C)OC(=O)N[C@H](COC(=O)C(C)(C)C)Cc1cnc[nH]1. The molecule has 0 saturated heterocycles. The predicted molar refractivity (Wildman–Crippen MR) is 85.9 cm³/mol. The minimum absolute atomic E-state index is 0.0639. The number of hydrogen-bond donors (Lipinski definition) is 2. The first-order valence-corrected chi connectivity index (χ1v) is 7.61. The van der Waals surface area contributed by atoms with E-state index in [9.17, 15) is 9.59 Å². The fraction of sp³-hybridized carbons (Fsp3) is 0.688. The first kappa shape index (κ1) is 19.0. The van der Waals surface area contributed by atoms with Crippen molar-refractivity contribution >= 4 is 12.1 Å². The maximum absolute atomic E-state index is 11.9. The molecule has 1 amide bonds. The van der Waals surface area contributed by atoms with Crippen LogP contribution in [0.15, 0.2) is 12.5 Å². The van der Waals surface area contributed by atoms with Gasteiger partial charge in [0.05, 0.1) is 17.8 Å². The van der Waals surface area contributed by atoms with Crippen molar-refractivity contribution in [1.29, 1.82) is 0 Å². The Morgan fingerprint density at radius 2 is 1.91 bits per heavy atom. The minimum Gasteiger partial charge on any atom is -0.463 e. The summed E-state index contributed by atoms with van der Waals surface area (Å²) in [5.74, 6) is -0.321. The molecule has 7 heteroatoms. The zero-order chi connectivity index (χ0) is 17.7. The molecule has 1 heterocycles. The van der Waals surface area contributed by atoms with Gasteiger partial charge in [-0.2, -0.15) is 0 Å². The van der Waals surface area contributed by atoms with E-state index in [1.54, 1.807) is 54.1 Å². The molecule has 1 atom stereocenters. The molecule has 0 spiro atoms. The van der Waals surface area contributed by atoms with Gasteiger partial charge < -0.3 is 19.8 Å². The highest BCUT2D eigenvalue weighted by molar-refractivity contribution is 5.75. The van der Waals surface area contributed by atoms with E-state index < -0.39 is 23.2 Å². The minimum atomic E-state index is -0.593. The Morgan fingerprint density at radius 1 is 1.26 bits per heavy atom. The topological polar surface area (TPSA) is 93.3 Å². The van der Waals surface area contributed by atoms with E-state index >= 15 is 0 Å². The Balaban J connectivity index is 2.65. The Bertz CT molecular complexity index is 512. The molecule has 0 aliphatic rings. The van der Waals surface area contributed by atoms with Gasteiger partial charge in [0.15, 0.2) is 0 Å². The van der Waals surface area contributed by atoms with Gasteiger partial charge in [-0.05, 0) is 41.5 Å². The number of carbonyl (C=O) groups is 2. The molecule has 0 fully saturated rings. The first-order valence-electron chi connectivity index (χ1n) is 7.61. The lowest BCUT2D eigenvalue weighted by Crippen LogP contribution is -2.43. The number of aromatic nitrogens is 2. The average molecular weight is 325 g/mol. The van der Waals surface area contributed by atoms with Crippen molar-refractivity contribution in [2.75, 3.05) is 6.61 Å². The van der Waals surface area contributed by atoms with Crippen LogP contribution in [0.2, 0.25) is 0 Å². The molecule has 0 aliphatic heterocycles. The van der Waals surface area contributed by atoms with E-state index in [1.807, 2.05) is 0 Å². The summed E-state index contributed by atoms with van der Waals surface area (Å²) < 4.78 is 10.5. The number of ether oxygens (including phenoxy) is 2. The summed E-state index contributed by atoms with van der Waals surface area (Å²) in [6.45, 7) is 10.8. The number of hydrogen-bond acceptors (Lipinski definition) is 5. The van der Waals surface area contributed by atoms with E-state index in [4.69, 9.17) is 9.47 Å². The number of carbonyl (C=O) groups excluding carboxylic acids is 2. The van der Waals surface area contributed by atoms with Crippen molar-refractivity contribution in [3.63, 3.8) is 0 Å². The molecule has 130 valence electrons. The lowest BCUT2D eigenvalue weighted by atomic mass is 9.97. The number of amides is 1. The number of imidazole rings is 1. The molecule has 7 nitrogen and oxygen atoms in total. The second kappa shape index (κ2) is 7.48. The van der Waals surface area contributed by atoms with Crippen LogP contribution in [0.3, 0.4) is 0 Å². The third kappa shape index (κ3) is 7.67. The molecular formula is C16H27N3O4. The van der Waals surface area contributed by atoms with Crippen molar-refractivity contribution in [2.45, 2.75) is 59.6 Å². The molecule has 1 rings (SSSR count). The molecule has 2 N–H and O–H groups in total. The second-order valence-electron chi connectivity index (χ2n) is 7.47. The number of alkyl carbamates (subject to hydrolysis) is 1. The summed E-state index contributed by atoms with van der Waals surface area (Å²) in [7, 11) is 0. The molecule has 0 unspecified atom stereocenters. The Kier molecular flexibility index (Phi) is 6.18. The van der Waals surface area contributed by atoms with Crippen LogP contribution < -0.4 is 5.32 Å². The van der Waals surface area contributed by atoms with Gasteiger partial charge in [0, 0.05) is 18.3 Å². The Morgan fingerprint density at radius 3 is 2.39 bits per heavy atom. The van der Waals surface area contributed by atoms with Gasteiger partial charge in [-0.1, -0.05) is 0 Å². The largest absolute Gasteiger partial charge is 0.463 e. The lowest BCUT2D eigenvalue weighted by Gasteiger charge is -2.24. The van der Waals surface area contributed by atoms with Crippen LogP contribution in [-0.4, -0.2) is 40.3 Å². The molecule has 23 heavy (non-hydrogen) atoms. The van der Waals surface area contributed by atoms with Crippen LogP contribution in [0.5, 0.6) is 0 Å². The van der Waals surface area contributed by atoms with Crippen molar-refractivity contribution in [3.05, 3.63) is 18.2 Å². The van der Waals surface area contributed by atoms with Crippen LogP contribution in [0.4, 0.5) is 4.79 Å². The molecule has 0 bridgehead atoms. The van der Waals surface area contributed by atoms with E-state index in [0.717, 1.165) is 5.69 Å². The van der Waals surface area contributed by atoms with Gasteiger partial charge in [0.2, 0.25) is 0 Å². The smallest absolute Gasteiger partial charge is 0.408 e. The van der Waals surface area contributed by atoms with Crippen LogP contribution in [0.25, 0.3) is 0 Å². The van der Waals surface area contributed by atoms with Crippen molar-refractivity contribution in [3.8, 4) is 0 Å². The first-order chi connectivity index (χ1) is 10.5. The number of aromatic amines is 1. The number of nitrogens with one attached hydrogen (secondary N) is 2. The number of nitrogens with zero attached hydrogens (tertiary/aromatic N) is 1. The summed E-state index contributed by atoms with van der Waals surface area (Å²) in [4.78, 5) is 30.7. The summed E-state index contributed by atoms with van der Waals surface area (Å²) in [6.07, 6.45) is 3.13. The fourth-order valence-electron chi connectivity index (χ4n) is 1.68. The molecule has 0 aromatic carbocycles. The number of H-pyrrole nitrogens is 1. The maximum atomic E-state index is 11.9. The lowest BCUT2D eigenvalue weighted by molar-refractivity contribution is -0.153. The van der Waals surface area contributed by atoms with Crippen LogP contribution in [0, 0.1) is 5.41 Å². The highest BCUT2D eigenvalue weighted by Gasteiger charge is 2.26. The van der Waals surface area contributed by atoms with E-state index in [-0.39, 0.29) is 12.6 Å². The third-order valence-corrected chi connectivity index (χ3v) is 2.77. The van der Waals surface area contributed by atoms with Crippen molar-refractivity contribution < 1.29 is 19.1 Å². The Labute approximate surface area is 137 Å². The van der Waals surface area contributed by atoms with Gasteiger partial charge in [-0.25, -0.2) is 9.78 Å². The normalized spacial score (nSPS) is 13.3. The summed E-state index contributed by atoms with van der Waals surface area (Å²) >= 11 is 0. The third-order valence-electron chi connectivity index (χ3n) is 2.77. The van der Waals surface area contributed by atoms with E-state index in [2.05, 4.69) is 15.3 Å². The monoisotopic (exact) mass is 325 g/mol. The van der Waals surface area contributed by atoms with Crippen LogP contribution in [-0.2, 0) is 20.7 Å². The molecule has 1 aromatic rings. The Hall–Kier alpha value is -2.05. The molecule has 0 aliphatic carbocycles. The zero-order valence-electron chi connectivity index (χ0n) is 14.7. The van der Waals surface area contributed by atoms with Gasteiger partial charge in [-0.3, -0.25) is 4.79 Å². The van der Waals surface area contributed by atoms with Crippen LogP contribution in [0.1, 0.15) is 47.2 Å². The highest BCUT2D eigenvalue weighted by Crippen LogP contribution is 2.15. The summed E-state index contributed by atoms with van der Waals surface area (Å²) in [5.41, 5.74) is -0.354. The molecule has 0 saturated carbocycles. The highest BCUT2D eigenvalue weighted by atomic mass is 16.6. The second-order valence-corrected chi connectivity index (χ2v) is 7.47. The summed E-state index contributed by atoms with van der Waals surface area (Å²) in [5, 5.41) is 2.73. The predicted octanol–water partition coefficient (Wildman–Crippen LogP) is 2.43. The molecule has 1 aromatic heterocycles. The van der Waals surface area contributed by atoms with Crippen molar-refractivity contribution in [2.24, 2.45) is 5.41 Å². The fourth-order valence-corrected chi connectivity index (χ4v) is 1.68. The molecular weight excluding hydrogens is 298 g/mol. The van der Waals surface area contributed by atoms with Gasteiger partial charge in [0.25, 0.3) is 0 Å². The molecule has 0 radical (unpaired) electrons. The van der Waals surface area contributed by atoms with E-state index in [0.29, 0.717) is 6.42 Å². The number of esters is 1. The van der Waals surface area contributed by atoms with Gasteiger partial charge in [0.1, 0.15) is 12.2 Å². The van der Waals surface area contributed by atoms with Gasteiger partial charge >= 0.3 is 12.1 Å².